The van der Waals surface area contributed by atoms with Gasteiger partial charge >= 0.3 is 0 Å². The summed E-state index contributed by atoms with van der Waals surface area (Å²) < 4.78 is 5.49. The minimum absolute atomic E-state index is 0.140. The molecule has 1 aromatic heterocycles. The summed E-state index contributed by atoms with van der Waals surface area (Å²) in [5.74, 6) is 1.94. The number of furan rings is 1. The Bertz CT molecular complexity index is 332. The van der Waals surface area contributed by atoms with Crippen molar-refractivity contribution < 1.29 is 9.52 Å². The first-order chi connectivity index (χ1) is 7.16. The van der Waals surface area contributed by atoms with E-state index in [9.17, 15) is 5.11 Å². The Kier molecular flexibility index (Phi) is 3.42. The molecule has 0 saturated heterocycles. The average molecular weight is 226 g/mol. The van der Waals surface area contributed by atoms with Crippen LogP contribution in [0.4, 0.5) is 0 Å². The highest BCUT2D eigenvalue weighted by Crippen LogP contribution is 2.36. The van der Waals surface area contributed by atoms with Crippen molar-refractivity contribution in [2.75, 3.05) is 0 Å². The Hall–Kier alpha value is -0.410. The van der Waals surface area contributed by atoms with Crippen LogP contribution in [0, 0.1) is 13.8 Å². The Balaban J connectivity index is 2.04. The van der Waals surface area contributed by atoms with Crippen LogP contribution < -0.4 is 0 Å². The van der Waals surface area contributed by atoms with Gasteiger partial charge in [-0.1, -0.05) is 12.8 Å². The lowest BCUT2D eigenvalue weighted by Crippen LogP contribution is -2.26. The third kappa shape index (κ3) is 2.58. The molecular weight excluding hydrogens is 208 g/mol. The lowest BCUT2D eigenvalue weighted by molar-refractivity contribution is 0.137. The van der Waals surface area contributed by atoms with Gasteiger partial charge in [0, 0.05) is 10.1 Å². The van der Waals surface area contributed by atoms with Gasteiger partial charge in [0.2, 0.25) is 0 Å². The summed E-state index contributed by atoms with van der Waals surface area (Å²) in [6, 6.07) is 2.07. The normalized spacial score (nSPS) is 26.9. The van der Waals surface area contributed by atoms with Crippen LogP contribution in [-0.4, -0.2) is 16.5 Å². The molecule has 1 heterocycles. The van der Waals surface area contributed by atoms with E-state index >= 15 is 0 Å². The van der Waals surface area contributed by atoms with Gasteiger partial charge < -0.3 is 9.52 Å². The minimum atomic E-state index is -0.140. The zero-order chi connectivity index (χ0) is 10.8. The minimum Gasteiger partial charge on any atom is -0.465 e. The van der Waals surface area contributed by atoms with Gasteiger partial charge in [-0.3, -0.25) is 0 Å². The quantitative estimate of drug-likeness (QED) is 0.840. The first kappa shape index (κ1) is 11.1. The van der Waals surface area contributed by atoms with Crippen LogP contribution in [0.3, 0.4) is 0 Å². The number of rotatable bonds is 2. The summed E-state index contributed by atoms with van der Waals surface area (Å²) in [5.41, 5.74) is 0. The van der Waals surface area contributed by atoms with Gasteiger partial charge in [0.15, 0.2) is 0 Å². The zero-order valence-electron chi connectivity index (χ0n) is 9.32. The van der Waals surface area contributed by atoms with E-state index in [-0.39, 0.29) is 6.10 Å². The van der Waals surface area contributed by atoms with Crippen LogP contribution in [0.1, 0.15) is 37.2 Å². The van der Waals surface area contributed by atoms with Crippen molar-refractivity contribution in [2.45, 2.75) is 55.8 Å². The van der Waals surface area contributed by atoms with E-state index in [4.69, 9.17) is 4.42 Å². The summed E-state index contributed by atoms with van der Waals surface area (Å²) in [4.78, 5) is 1.19. The summed E-state index contributed by atoms with van der Waals surface area (Å²) >= 11 is 1.78. The molecule has 0 aromatic carbocycles. The van der Waals surface area contributed by atoms with Crippen molar-refractivity contribution in [3.05, 3.63) is 17.6 Å². The maximum Gasteiger partial charge on any atom is 0.114 e. The number of aliphatic hydroxyl groups is 1. The van der Waals surface area contributed by atoms with E-state index in [1.165, 1.54) is 17.7 Å². The van der Waals surface area contributed by atoms with Crippen molar-refractivity contribution >= 4 is 11.8 Å². The summed E-state index contributed by atoms with van der Waals surface area (Å²) in [6.45, 7) is 3.96. The largest absolute Gasteiger partial charge is 0.465 e. The third-order valence-corrected chi connectivity index (χ3v) is 4.45. The molecule has 2 nitrogen and oxygen atoms in total. The summed E-state index contributed by atoms with van der Waals surface area (Å²) in [5, 5.41) is 10.2. The molecule has 15 heavy (non-hydrogen) atoms. The summed E-state index contributed by atoms with van der Waals surface area (Å²) in [7, 11) is 0. The van der Waals surface area contributed by atoms with Crippen molar-refractivity contribution in [1.29, 1.82) is 0 Å². The molecular formula is C12H18O2S. The molecule has 2 unspecified atom stereocenters. The number of hydrogen-bond donors (Lipinski definition) is 1. The fourth-order valence-electron chi connectivity index (χ4n) is 2.10. The predicted octanol–water partition coefficient (Wildman–Crippen LogP) is 3.29. The molecule has 2 atom stereocenters. The second-order valence-corrected chi connectivity index (χ2v) is 5.57. The van der Waals surface area contributed by atoms with E-state index in [1.807, 2.05) is 13.8 Å². The van der Waals surface area contributed by atoms with Gasteiger partial charge in [0.05, 0.1) is 6.10 Å². The van der Waals surface area contributed by atoms with Crippen molar-refractivity contribution in [2.24, 2.45) is 0 Å². The van der Waals surface area contributed by atoms with Crippen molar-refractivity contribution in [3.63, 3.8) is 0 Å². The van der Waals surface area contributed by atoms with E-state index in [1.54, 1.807) is 11.8 Å². The zero-order valence-corrected chi connectivity index (χ0v) is 10.1. The van der Waals surface area contributed by atoms with Crippen molar-refractivity contribution in [3.8, 4) is 0 Å². The number of hydrogen-bond acceptors (Lipinski definition) is 3. The standard InChI is InChI=1S/C12H18O2S/c1-8-7-12(9(2)14-8)15-11-6-4-3-5-10(11)13/h7,10-11,13H,3-6H2,1-2H3. The molecule has 0 bridgehead atoms. The van der Waals surface area contributed by atoms with Gasteiger partial charge in [-0.2, -0.15) is 0 Å². The Morgan fingerprint density at radius 1 is 1.33 bits per heavy atom. The van der Waals surface area contributed by atoms with Gasteiger partial charge in [-0.05, 0) is 32.8 Å². The average Bonchev–Trinajstić information content (AvgIpc) is 2.49. The van der Waals surface area contributed by atoms with Crippen LogP contribution in [0.5, 0.6) is 0 Å². The molecule has 84 valence electrons. The Morgan fingerprint density at radius 3 is 2.67 bits per heavy atom. The smallest absolute Gasteiger partial charge is 0.114 e. The molecule has 0 aliphatic heterocycles. The van der Waals surface area contributed by atoms with E-state index in [0.717, 1.165) is 24.4 Å². The van der Waals surface area contributed by atoms with E-state index < -0.39 is 0 Å². The summed E-state index contributed by atoms with van der Waals surface area (Å²) in [6.07, 6.45) is 4.34. The molecule has 1 aliphatic carbocycles. The van der Waals surface area contributed by atoms with E-state index in [0.29, 0.717) is 5.25 Å². The number of aliphatic hydroxyl groups excluding tert-OH is 1. The fourth-order valence-corrected chi connectivity index (χ4v) is 3.45. The van der Waals surface area contributed by atoms with Crippen molar-refractivity contribution in [1.82, 2.24) is 0 Å². The van der Waals surface area contributed by atoms with Crippen LogP contribution in [-0.2, 0) is 0 Å². The molecule has 3 heteroatoms. The van der Waals surface area contributed by atoms with Crippen LogP contribution in [0.15, 0.2) is 15.4 Å². The fraction of sp³-hybridized carbons (Fsp3) is 0.667. The highest BCUT2D eigenvalue weighted by molar-refractivity contribution is 8.00. The van der Waals surface area contributed by atoms with Gasteiger partial charge in [-0.25, -0.2) is 0 Å². The Morgan fingerprint density at radius 2 is 2.07 bits per heavy atom. The molecule has 0 spiro atoms. The molecule has 1 N–H and O–H groups in total. The predicted molar refractivity (Wildman–Crippen MR) is 62.3 cm³/mol. The maximum atomic E-state index is 9.88. The monoisotopic (exact) mass is 226 g/mol. The number of aryl methyl sites for hydroxylation is 2. The second kappa shape index (κ2) is 4.62. The Labute approximate surface area is 95.1 Å². The van der Waals surface area contributed by atoms with Crippen LogP contribution in [0.2, 0.25) is 0 Å². The highest BCUT2D eigenvalue weighted by Gasteiger charge is 2.25. The van der Waals surface area contributed by atoms with Gasteiger partial charge in [-0.15, -0.1) is 11.8 Å². The maximum absolute atomic E-state index is 9.88. The molecule has 1 saturated carbocycles. The third-order valence-electron chi connectivity index (χ3n) is 2.94. The second-order valence-electron chi connectivity index (χ2n) is 4.29. The molecule has 1 aromatic rings. The first-order valence-electron chi connectivity index (χ1n) is 5.58. The molecule has 0 radical (unpaired) electrons. The van der Waals surface area contributed by atoms with Crippen LogP contribution >= 0.6 is 11.8 Å². The molecule has 1 aliphatic rings. The SMILES string of the molecule is Cc1cc(SC2CCCCC2O)c(C)o1. The topological polar surface area (TPSA) is 33.4 Å². The molecule has 2 rings (SSSR count). The lowest BCUT2D eigenvalue weighted by Gasteiger charge is -2.26. The van der Waals surface area contributed by atoms with Gasteiger partial charge in [0.25, 0.3) is 0 Å². The molecule has 1 fully saturated rings. The lowest BCUT2D eigenvalue weighted by atomic mass is 9.97. The van der Waals surface area contributed by atoms with Crippen LogP contribution in [0.25, 0.3) is 0 Å². The molecule has 0 amide bonds. The first-order valence-corrected chi connectivity index (χ1v) is 6.46. The number of thioether (sulfide) groups is 1. The van der Waals surface area contributed by atoms with E-state index in [2.05, 4.69) is 6.07 Å². The highest BCUT2D eigenvalue weighted by atomic mass is 32.2. The van der Waals surface area contributed by atoms with Gasteiger partial charge in [0.1, 0.15) is 11.5 Å².